The van der Waals surface area contributed by atoms with Gasteiger partial charge in [-0.05, 0) is 49.2 Å². The van der Waals surface area contributed by atoms with Crippen LogP contribution in [0.5, 0.6) is 0 Å². The first-order chi connectivity index (χ1) is 23.6. The molecule has 0 amide bonds. The number of aryl methyl sites for hydroxylation is 2. The summed E-state index contributed by atoms with van der Waals surface area (Å²) in [7, 11) is 0. The summed E-state index contributed by atoms with van der Waals surface area (Å²) >= 11 is 0. The maximum atomic E-state index is 5.18. The van der Waals surface area contributed by atoms with E-state index >= 15 is 0 Å². The fourth-order valence-electron chi connectivity index (χ4n) is 6.73. The molecule has 0 spiro atoms. The molecular weight excluding hydrogens is 585 g/mol. The molecule has 9 aromatic rings. The highest BCUT2D eigenvalue weighted by molar-refractivity contribution is 6.06. The Morgan fingerprint density at radius 3 is 1.08 bits per heavy atom. The maximum Gasteiger partial charge on any atom is 0.0975 e. The van der Waals surface area contributed by atoms with Crippen LogP contribution in [0.4, 0.5) is 0 Å². The Kier molecular flexibility index (Phi) is 6.54. The van der Waals surface area contributed by atoms with Crippen molar-refractivity contribution in [3.8, 4) is 45.0 Å². The predicted molar refractivity (Wildman–Crippen MR) is 199 cm³/mol. The van der Waals surface area contributed by atoms with Crippen molar-refractivity contribution in [1.29, 1.82) is 0 Å². The van der Waals surface area contributed by atoms with Crippen LogP contribution in [0.15, 0.2) is 146 Å². The molecule has 0 aliphatic heterocycles. The SMILES string of the molecule is Cc1cc(-c2ccccc2)nc2c1ccc1ccc(-c3ccc(-c4ccc5ccc6c(C)cc(-c7ccccc7)nc6c5n4)cc3)nc12. The standard InChI is InChI=1S/C44H30N4/c1-27-25-39(29-9-5-3-6-10-29)47-43-35(27)21-17-33-19-23-37(45-41(33)43)31-13-15-32(16-14-31)38-24-20-34-18-22-36-28(2)26-40(30-11-7-4-8-12-30)48-44(36)42(34)46-38/h3-26H,1-2H3. The van der Waals surface area contributed by atoms with Crippen molar-refractivity contribution in [3.05, 3.63) is 157 Å². The van der Waals surface area contributed by atoms with Gasteiger partial charge in [0.05, 0.1) is 44.8 Å². The number of hydrogen-bond acceptors (Lipinski definition) is 4. The quantitative estimate of drug-likeness (QED) is 0.185. The number of fused-ring (bicyclic) bond motifs is 6. The molecule has 0 fully saturated rings. The van der Waals surface area contributed by atoms with Crippen molar-refractivity contribution in [1.82, 2.24) is 19.9 Å². The van der Waals surface area contributed by atoms with Crippen LogP contribution in [0, 0.1) is 13.8 Å². The molecule has 4 heterocycles. The molecule has 226 valence electrons. The van der Waals surface area contributed by atoms with E-state index in [9.17, 15) is 0 Å². The summed E-state index contributed by atoms with van der Waals surface area (Å²) in [5.74, 6) is 0. The fraction of sp³-hybridized carbons (Fsp3) is 0.0455. The summed E-state index contributed by atoms with van der Waals surface area (Å²) in [5.41, 5.74) is 14.1. The van der Waals surface area contributed by atoms with Crippen LogP contribution in [-0.4, -0.2) is 19.9 Å². The Balaban J connectivity index is 1.11. The smallest absolute Gasteiger partial charge is 0.0975 e. The van der Waals surface area contributed by atoms with E-state index < -0.39 is 0 Å². The summed E-state index contributed by atoms with van der Waals surface area (Å²) in [6.45, 7) is 4.29. The summed E-state index contributed by atoms with van der Waals surface area (Å²) in [6, 6.07) is 50.6. The molecule has 0 unspecified atom stereocenters. The monoisotopic (exact) mass is 614 g/mol. The third-order valence-corrected chi connectivity index (χ3v) is 9.31. The van der Waals surface area contributed by atoms with Crippen molar-refractivity contribution in [2.75, 3.05) is 0 Å². The molecule has 9 rings (SSSR count). The predicted octanol–water partition coefficient (Wildman–Crippen LogP) is 11.2. The molecular formula is C44H30N4. The third kappa shape index (κ3) is 4.78. The van der Waals surface area contributed by atoms with Gasteiger partial charge in [0.1, 0.15) is 0 Å². The van der Waals surface area contributed by atoms with Gasteiger partial charge in [-0.1, -0.05) is 121 Å². The van der Waals surface area contributed by atoms with Gasteiger partial charge in [-0.15, -0.1) is 0 Å². The van der Waals surface area contributed by atoms with Crippen LogP contribution in [0.1, 0.15) is 11.1 Å². The van der Waals surface area contributed by atoms with Gasteiger partial charge in [-0.25, -0.2) is 19.9 Å². The number of rotatable bonds is 4. The van der Waals surface area contributed by atoms with Gasteiger partial charge in [-0.2, -0.15) is 0 Å². The highest BCUT2D eigenvalue weighted by Crippen LogP contribution is 2.33. The minimum atomic E-state index is 0.913. The summed E-state index contributed by atoms with van der Waals surface area (Å²) in [5, 5.41) is 4.40. The molecule has 4 nitrogen and oxygen atoms in total. The first kappa shape index (κ1) is 28.0. The Morgan fingerprint density at radius 2 is 0.667 bits per heavy atom. The third-order valence-electron chi connectivity index (χ3n) is 9.31. The minimum Gasteiger partial charge on any atom is -0.245 e. The van der Waals surface area contributed by atoms with E-state index in [2.05, 4.69) is 147 Å². The van der Waals surface area contributed by atoms with Crippen molar-refractivity contribution >= 4 is 43.6 Å². The van der Waals surface area contributed by atoms with Crippen LogP contribution in [-0.2, 0) is 0 Å². The second-order valence-electron chi connectivity index (χ2n) is 12.4. The number of hydrogen-bond donors (Lipinski definition) is 0. The van der Waals surface area contributed by atoms with Crippen molar-refractivity contribution in [3.63, 3.8) is 0 Å². The zero-order valence-corrected chi connectivity index (χ0v) is 26.6. The van der Waals surface area contributed by atoms with E-state index in [-0.39, 0.29) is 0 Å². The van der Waals surface area contributed by atoms with E-state index in [4.69, 9.17) is 19.9 Å². The molecule has 0 N–H and O–H groups in total. The highest BCUT2D eigenvalue weighted by Gasteiger charge is 2.13. The van der Waals surface area contributed by atoms with Crippen LogP contribution in [0.25, 0.3) is 88.6 Å². The summed E-state index contributed by atoms with van der Waals surface area (Å²) in [4.78, 5) is 20.6. The number of nitrogens with zero attached hydrogens (tertiary/aromatic N) is 4. The molecule has 4 heteroatoms. The molecule has 4 aromatic heterocycles. The fourth-order valence-corrected chi connectivity index (χ4v) is 6.73. The highest BCUT2D eigenvalue weighted by atomic mass is 14.8. The Hall–Kier alpha value is -6.26. The molecule has 48 heavy (non-hydrogen) atoms. The zero-order chi connectivity index (χ0) is 32.2. The second-order valence-corrected chi connectivity index (χ2v) is 12.4. The van der Waals surface area contributed by atoms with Crippen molar-refractivity contribution < 1.29 is 0 Å². The molecule has 0 bridgehead atoms. The molecule has 5 aromatic carbocycles. The number of aromatic nitrogens is 4. The Morgan fingerprint density at radius 1 is 0.312 bits per heavy atom. The van der Waals surface area contributed by atoms with Crippen LogP contribution >= 0.6 is 0 Å². The molecule has 0 aliphatic rings. The van der Waals surface area contributed by atoms with E-state index in [0.717, 1.165) is 88.6 Å². The molecule has 0 aliphatic carbocycles. The maximum absolute atomic E-state index is 5.18. The molecule has 0 atom stereocenters. The number of pyridine rings is 4. The van der Waals surface area contributed by atoms with Crippen LogP contribution < -0.4 is 0 Å². The lowest BCUT2D eigenvalue weighted by molar-refractivity contribution is 1.34. The van der Waals surface area contributed by atoms with Gasteiger partial charge < -0.3 is 0 Å². The average molecular weight is 615 g/mol. The second kappa shape index (κ2) is 11.2. The van der Waals surface area contributed by atoms with Crippen molar-refractivity contribution in [2.45, 2.75) is 13.8 Å². The summed E-state index contributed by atoms with van der Waals surface area (Å²) < 4.78 is 0. The molecule has 0 saturated heterocycles. The van der Waals surface area contributed by atoms with Crippen LogP contribution in [0.3, 0.4) is 0 Å². The topological polar surface area (TPSA) is 51.6 Å². The minimum absolute atomic E-state index is 0.913. The van der Waals surface area contributed by atoms with Gasteiger partial charge >= 0.3 is 0 Å². The first-order valence-electron chi connectivity index (χ1n) is 16.2. The molecule has 0 saturated carbocycles. The average Bonchev–Trinajstić information content (AvgIpc) is 3.15. The van der Waals surface area contributed by atoms with E-state index in [1.165, 1.54) is 11.1 Å². The number of benzene rings is 5. The lowest BCUT2D eigenvalue weighted by Gasteiger charge is -2.11. The van der Waals surface area contributed by atoms with Gasteiger partial charge in [0.15, 0.2) is 0 Å². The van der Waals surface area contributed by atoms with E-state index in [1.807, 2.05) is 12.1 Å². The Labute approximate surface area is 278 Å². The normalized spacial score (nSPS) is 11.5. The van der Waals surface area contributed by atoms with Gasteiger partial charge in [0, 0.05) is 43.8 Å². The molecule has 0 radical (unpaired) electrons. The Bertz CT molecular complexity index is 2480. The summed E-state index contributed by atoms with van der Waals surface area (Å²) in [6.07, 6.45) is 0. The lowest BCUT2D eigenvalue weighted by Crippen LogP contribution is -1.94. The van der Waals surface area contributed by atoms with E-state index in [1.54, 1.807) is 0 Å². The largest absolute Gasteiger partial charge is 0.245 e. The zero-order valence-electron chi connectivity index (χ0n) is 26.6. The van der Waals surface area contributed by atoms with Gasteiger partial charge in [0.25, 0.3) is 0 Å². The lowest BCUT2D eigenvalue weighted by atomic mass is 10.0. The van der Waals surface area contributed by atoms with Gasteiger partial charge in [0.2, 0.25) is 0 Å². The van der Waals surface area contributed by atoms with Crippen molar-refractivity contribution in [2.24, 2.45) is 0 Å². The van der Waals surface area contributed by atoms with E-state index in [0.29, 0.717) is 0 Å². The van der Waals surface area contributed by atoms with Crippen LogP contribution in [0.2, 0.25) is 0 Å². The first-order valence-corrected chi connectivity index (χ1v) is 16.2. The van der Waals surface area contributed by atoms with Gasteiger partial charge in [-0.3, -0.25) is 0 Å².